The molecule has 0 fully saturated rings. The van der Waals surface area contributed by atoms with Gasteiger partial charge in [0.1, 0.15) is 5.82 Å². The third-order valence-corrected chi connectivity index (χ3v) is 4.23. The van der Waals surface area contributed by atoms with Crippen molar-refractivity contribution in [2.45, 2.75) is 4.90 Å². The Bertz CT molecular complexity index is 739. The summed E-state index contributed by atoms with van der Waals surface area (Å²) in [5.74, 6) is -1.25. The summed E-state index contributed by atoms with van der Waals surface area (Å²) >= 11 is 6.99. The Hall–Kier alpha value is -2.05. The van der Waals surface area contributed by atoms with Crippen molar-refractivity contribution in [3.05, 3.63) is 58.9 Å². The molecule has 2 aromatic carbocycles. The molecule has 23 heavy (non-hydrogen) atoms. The van der Waals surface area contributed by atoms with Crippen molar-refractivity contribution in [3.63, 3.8) is 0 Å². The Kier molecular flexibility index (Phi) is 6.01. The van der Waals surface area contributed by atoms with Gasteiger partial charge in [0.05, 0.1) is 23.4 Å². The number of benzene rings is 2. The lowest BCUT2D eigenvalue weighted by Crippen LogP contribution is -2.14. The van der Waals surface area contributed by atoms with Gasteiger partial charge in [-0.25, -0.2) is 9.18 Å². The third kappa shape index (κ3) is 4.71. The number of amides is 1. The smallest absolute Gasteiger partial charge is 0.339 e. The number of thioether (sulfide) groups is 1. The summed E-state index contributed by atoms with van der Waals surface area (Å²) in [6, 6.07) is 10.7. The molecule has 1 N–H and O–H groups in total. The van der Waals surface area contributed by atoms with Crippen LogP contribution < -0.4 is 5.32 Å². The van der Waals surface area contributed by atoms with Gasteiger partial charge in [-0.05, 0) is 30.3 Å². The van der Waals surface area contributed by atoms with Crippen LogP contribution in [0.2, 0.25) is 5.02 Å². The molecule has 0 unspecified atom stereocenters. The van der Waals surface area contributed by atoms with Crippen molar-refractivity contribution in [2.24, 2.45) is 0 Å². The van der Waals surface area contributed by atoms with Crippen molar-refractivity contribution in [3.8, 4) is 0 Å². The number of anilines is 1. The number of nitrogens with one attached hydrogen (secondary N) is 1. The number of hydrogen-bond donors (Lipinski definition) is 1. The summed E-state index contributed by atoms with van der Waals surface area (Å²) in [6.07, 6.45) is 0. The van der Waals surface area contributed by atoms with E-state index in [0.29, 0.717) is 10.6 Å². The van der Waals surface area contributed by atoms with E-state index in [-0.39, 0.29) is 28.1 Å². The van der Waals surface area contributed by atoms with Crippen molar-refractivity contribution >= 4 is 40.9 Å². The van der Waals surface area contributed by atoms with Crippen molar-refractivity contribution in [2.75, 3.05) is 18.2 Å². The second-order valence-electron chi connectivity index (χ2n) is 4.45. The highest BCUT2D eigenvalue weighted by Crippen LogP contribution is 2.23. The minimum Gasteiger partial charge on any atom is -0.465 e. The summed E-state index contributed by atoms with van der Waals surface area (Å²) in [7, 11) is 1.25. The molecule has 0 saturated carbocycles. The molecule has 7 heteroatoms. The van der Waals surface area contributed by atoms with Crippen molar-refractivity contribution in [1.82, 2.24) is 0 Å². The Balaban J connectivity index is 2.00. The molecule has 0 atom stereocenters. The lowest BCUT2D eigenvalue weighted by atomic mass is 10.2. The van der Waals surface area contributed by atoms with Gasteiger partial charge < -0.3 is 10.1 Å². The number of rotatable bonds is 5. The van der Waals surface area contributed by atoms with E-state index in [1.807, 2.05) is 0 Å². The van der Waals surface area contributed by atoms with E-state index in [0.717, 1.165) is 11.8 Å². The fourth-order valence-corrected chi connectivity index (χ4v) is 2.71. The van der Waals surface area contributed by atoms with Gasteiger partial charge in [-0.2, -0.15) is 0 Å². The molecule has 0 aliphatic carbocycles. The van der Waals surface area contributed by atoms with Gasteiger partial charge in [0.25, 0.3) is 0 Å². The zero-order chi connectivity index (χ0) is 16.8. The molecule has 0 aliphatic rings. The lowest BCUT2D eigenvalue weighted by Gasteiger charge is -2.08. The summed E-state index contributed by atoms with van der Waals surface area (Å²) in [5, 5.41) is 2.86. The molecule has 0 aromatic heterocycles. The third-order valence-electron chi connectivity index (χ3n) is 2.85. The number of hydrogen-bond acceptors (Lipinski definition) is 4. The van der Waals surface area contributed by atoms with E-state index >= 15 is 0 Å². The molecule has 0 aliphatic heterocycles. The van der Waals surface area contributed by atoms with Crippen LogP contribution in [0.25, 0.3) is 0 Å². The maximum absolute atomic E-state index is 13.5. The first-order valence-corrected chi connectivity index (χ1v) is 7.92. The van der Waals surface area contributed by atoms with E-state index in [1.54, 1.807) is 24.3 Å². The number of carbonyl (C=O) groups is 2. The lowest BCUT2D eigenvalue weighted by molar-refractivity contribution is -0.113. The summed E-state index contributed by atoms with van der Waals surface area (Å²) in [4.78, 5) is 23.9. The van der Waals surface area contributed by atoms with E-state index in [4.69, 9.17) is 11.6 Å². The minimum atomic E-state index is -0.591. The fraction of sp³-hybridized carbons (Fsp3) is 0.125. The first-order chi connectivity index (χ1) is 11.0. The standard InChI is InChI=1S/C16H13ClFNO3S/c1-22-16(21)11-8-10(6-7-12(11)17)19-15(20)9-23-14-5-3-2-4-13(14)18/h2-8H,9H2,1H3,(H,19,20). The van der Waals surface area contributed by atoms with Crippen LogP contribution in [0.4, 0.5) is 10.1 Å². The monoisotopic (exact) mass is 353 g/mol. The molecule has 120 valence electrons. The van der Waals surface area contributed by atoms with Crippen LogP contribution in [0, 0.1) is 5.82 Å². The SMILES string of the molecule is COC(=O)c1cc(NC(=O)CSc2ccccc2F)ccc1Cl. The highest BCUT2D eigenvalue weighted by Gasteiger charge is 2.13. The van der Waals surface area contributed by atoms with Gasteiger partial charge in [0.15, 0.2) is 0 Å². The zero-order valence-corrected chi connectivity index (χ0v) is 13.7. The Morgan fingerprint density at radius 1 is 1.26 bits per heavy atom. The van der Waals surface area contributed by atoms with Gasteiger partial charge in [-0.15, -0.1) is 11.8 Å². The molecule has 1 amide bonds. The number of esters is 1. The average Bonchev–Trinajstić information content (AvgIpc) is 2.55. The largest absolute Gasteiger partial charge is 0.465 e. The number of carbonyl (C=O) groups excluding carboxylic acids is 2. The first-order valence-electron chi connectivity index (χ1n) is 6.56. The molecule has 0 bridgehead atoms. The maximum atomic E-state index is 13.5. The zero-order valence-electron chi connectivity index (χ0n) is 12.1. The van der Waals surface area contributed by atoms with Crippen molar-refractivity contribution < 1.29 is 18.7 Å². The van der Waals surface area contributed by atoms with E-state index in [2.05, 4.69) is 10.1 Å². The average molecular weight is 354 g/mol. The quantitative estimate of drug-likeness (QED) is 0.652. The normalized spacial score (nSPS) is 10.2. The molecule has 2 aromatic rings. The van der Waals surface area contributed by atoms with Crippen LogP contribution in [0.3, 0.4) is 0 Å². The van der Waals surface area contributed by atoms with Gasteiger partial charge in [-0.1, -0.05) is 23.7 Å². The van der Waals surface area contributed by atoms with Crippen molar-refractivity contribution in [1.29, 1.82) is 0 Å². The predicted octanol–water partition coefficient (Wildman–Crippen LogP) is 4.00. The topological polar surface area (TPSA) is 55.4 Å². The molecular formula is C16H13ClFNO3S. The predicted molar refractivity (Wildman–Crippen MR) is 88.5 cm³/mol. The van der Waals surface area contributed by atoms with Crippen LogP contribution >= 0.6 is 23.4 Å². The van der Waals surface area contributed by atoms with Gasteiger partial charge >= 0.3 is 5.97 Å². The Labute approximate surface area is 142 Å². The van der Waals surface area contributed by atoms with E-state index < -0.39 is 5.97 Å². The first kappa shape index (κ1) is 17.3. The molecule has 0 radical (unpaired) electrons. The highest BCUT2D eigenvalue weighted by atomic mass is 35.5. The number of halogens is 2. The Morgan fingerprint density at radius 3 is 2.70 bits per heavy atom. The van der Waals surface area contributed by atoms with Gasteiger partial charge in [0, 0.05) is 10.6 Å². The molecule has 2 rings (SSSR count). The molecule has 0 heterocycles. The number of ether oxygens (including phenoxy) is 1. The van der Waals surface area contributed by atoms with Crippen LogP contribution in [0.15, 0.2) is 47.4 Å². The molecule has 4 nitrogen and oxygen atoms in total. The molecule has 0 spiro atoms. The van der Waals surface area contributed by atoms with Crippen LogP contribution in [0.5, 0.6) is 0 Å². The van der Waals surface area contributed by atoms with E-state index in [1.165, 1.54) is 25.3 Å². The minimum absolute atomic E-state index is 0.0388. The fourth-order valence-electron chi connectivity index (χ4n) is 1.77. The summed E-state index contributed by atoms with van der Waals surface area (Å²) < 4.78 is 18.1. The van der Waals surface area contributed by atoms with Crippen LogP contribution in [0.1, 0.15) is 10.4 Å². The molecular weight excluding hydrogens is 341 g/mol. The van der Waals surface area contributed by atoms with E-state index in [9.17, 15) is 14.0 Å². The second kappa shape index (κ2) is 7.99. The summed E-state index contributed by atoms with van der Waals surface area (Å²) in [6.45, 7) is 0. The van der Waals surface area contributed by atoms with Gasteiger partial charge in [-0.3, -0.25) is 4.79 Å². The van der Waals surface area contributed by atoms with Crippen LogP contribution in [-0.2, 0) is 9.53 Å². The van der Waals surface area contributed by atoms with Gasteiger partial charge in [0.2, 0.25) is 5.91 Å². The van der Waals surface area contributed by atoms with Crippen LogP contribution in [-0.4, -0.2) is 24.7 Å². The second-order valence-corrected chi connectivity index (χ2v) is 5.88. The summed E-state index contributed by atoms with van der Waals surface area (Å²) in [5.41, 5.74) is 0.572. The maximum Gasteiger partial charge on any atom is 0.339 e. The highest BCUT2D eigenvalue weighted by molar-refractivity contribution is 8.00. The number of methoxy groups -OCH3 is 1. The molecule has 0 saturated heterocycles. The Morgan fingerprint density at radius 2 is 2.00 bits per heavy atom.